The summed E-state index contributed by atoms with van der Waals surface area (Å²) < 4.78 is 12.8. The number of carbonyl (C=O) groups is 1. The number of quaternary nitrogens is 1. The number of likely N-dealkylation sites (N-methyl/N-ethyl adjacent to an activating group) is 1. The largest absolute Gasteiger partial charge is 0.326 e. The van der Waals surface area contributed by atoms with Gasteiger partial charge in [0.15, 0.2) is 6.54 Å². The molecular weight excluding hydrogens is 279 g/mol. The summed E-state index contributed by atoms with van der Waals surface area (Å²) in [6, 6.07) is 15.8. The van der Waals surface area contributed by atoms with Gasteiger partial charge in [-0.05, 0) is 35.9 Å². The fourth-order valence-corrected chi connectivity index (χ4v) is 2.05. The fraction of sp³-hybridized carbons (Fsp3) is 0.167. The van der Waals surface area contributed by atoms with Gasteiger partial charge in [0, 0.05) is 5.69 Å². The minimum Gasteiger partial charge on any atom is -0.326 e. The van der Waals surface area contributed by atoms with Gasteiger partial charge in [-0.2, -0.15) is 0 Å². The first-order valence-corrected chi connectivity index (χ1v) is 7.22. The van der Waals surface area contributed by atoms with Gasteiger partial charge in [0.25, 0.3) is 5.91 Å². The molecule has 2 N–H and O–H groups in total. The Morgan fingerprint density at radius 3 is 2.50 bits per heavy atom. The van der Waals surface area contributed by atoms with E-state index in [0.717, 1.165) is 17.0 Å². The SMILES string of the molecule is C[NH+](C/C=C/c1ccccc1)CC(=O)Nc1ccc(F)cc1. The zero-order valence-corrected chi connectivity index (χ0v) is 12.6. The summed E-state index contributed by atoms with van der Waals surface area (Å²) in [5.74, 6) is -0.399. The molecule has 1 unspecified atom stereocenters. The van der Waals surface area contributed by atoms with Crippen molar-refractivity contribution in [3.8, 4) is 0 Å². The molecule has 0 saturated carbocycles. The third kappa shape index (κ3) is 5.50. The maximum absolute atomic E-state index is 12.8. The normalized spacial score (nSPS) is 12.3. The number of anilines is 1. The van der Waals surface area contributed by atoms with Crippen LogP contribution in [0.25, 0.3) is 6.08 Å². The first kappa shape index (κ1) is 15.9. The highest BCUT2D eigenvalue weighted by Gasteiger charge is 2.08. The summed E-state index contributed by atoms with van der Waals surface area (Å²) in [6.45, 7) is 1.11. The van der Waals surface area contributed by atoms with E-state index in [1.807, 2.05) is 43.5 Å². The van der Waals surface area contributed by atoms with Crippen LogP contribution in [0.3, 0.4) is 0 Å². The van der Waals surface area contributed by atoms with E-state index < -0.39 is 0 Å². The molecule has 0 heterocycles. The third-order valence-electron chi connectivity index (χ3n) is 3.17. The van der Waals surface area contributed by atoms with Gasteiger partial charge in [-0.3, -0.25) is 4.79 Å². The summed E-state index contributed by atoms with van der Waals surface area (Å²) in [6.07, 6.45) is 4.09. The zero-order chi connectivity index (χ0) is 15.8. The molecule has 1 atom stereocenters. The number of halogens is 1. The number of carbonyl (C=O) groups excluding carboxylic acids is 1. The Morgan fingerprint density at radius 1 is 1.14 bits per heavy atom. The van der Waals surface area contributed by atoms with E-state index in [1.165, 1.54) is 12.1 Å². The molecule has 0 spiro atoms. The zero-order valence-electron chi connectivity index (χ0n) is 12.6. The smallest absolute Gasteiger partial charge is 0.279 e. The molecule has 0 aromatic heterocycles. The number of benzene rings is 2. The lowest BCUT2D eigenvalue weighted by atomic mass is 10.2. The van der Waals surface area contributed by atoms with Crippen molar-refractivity contribution in [2.75, 3.05) is 25.5 Å². The van der Waals surface area contributed by atoms with Crippen LogP contribution in [0.5, 0.6) is 0 Å². The van der Waals surface area contributed by atoms with E-state index in [2.05, 4.69) is 11.4 Å². The topological polar surface area (TPSA) is 33.5 Å². The lowest BCUT2D eigenvalue weighted by Gasteiger charge is -2.11. The van der Waals surface area contributed by atoms with Crippen LogP contribution in [0.2, 0.25) is 0 Å². The van der Waals surface area contributed by atoms with E-state index in [9.17, 15) is 9.18 Å². The summed E-state index contributed by atoms with van der Waals surface area (Å²) in [5.41, 5.74) is 1.75. The van der Waals surface area contributed by atoms with Gasteiger partial charge in [0.05, 0.1) is 13.6 Å². The highest BCUT2D eigenvalue weighted by Crippen LogP contribution is 2.07. The molecule has 0 bridgehead atoms. The van der Waals surface area contributed by atoms with E-state index in [4.69, 9.17) is 0 Å². The summed E-state index contributed by atoms with van der Waals surface area (Å²) in [5, 5.41) is 2.76. The molecule has 0 radical (unpaired) electrons. The molecule has 2 aromatic carbocycles. The molecule has 0 saturated heterocycles. The molecule has 0 aliphatic heterocycles. The van der Waals surface area contributed by atoms with Crippen LogP contribution >= 0.6 is 0 Å². The minimum absolute atomic E-state index is 0.0859. The maximum atomic E-state index is 12.8. The lowest BCUT2D eigenvalue weighted by molar-refractivity contribution is -0.864. The molecule has 22 heavy (non-hydrogen) atoms. The number of rotatable bonds is 6. The average Bonchev–Trinajstić information content (AvgIpc) is 2.50. The number of hydrogen-bond acceptors (Lipinski definition) is 1. The molecule has 4 heteroatoms. The Hall–Kier alpha value is -2.46. The molecule has 114 valence electrons. The quantitative estimate of drug-likeness (QED) is 0.840. The van der Waals surface area contributed by atoms with Crippen molar-refractivity contribution in [2.45, 2.75) is 0 Å². The highest BCUT2D eigenvalue weighted by molar-refractivity contribution is 5.91. The van der Waals surface area contributed by atoms with Crippen molar-refractivity contribution in [1.29, 1.82) is 0 Å². The standard InChI is InChI=1S/C18H19FN2O/c1-21(13-5-8-15-6-3-2-4-7-15)14-18(22)20-17-11-9-16(19)10-12-17/h2-12H,13-14H2,1H3,(H,20,22)/p+1/b8-5+. The molecule has 0 aliphatic rings. The lowest BCUT2D eigenvalue weighted by Crippen LogP contribution is -3.09. The second-order valence-electron chi connectivity index (χ2n) is 5.21. The van der Waals surface area contributed by atoms with Gasteiger partial charge in [0.1, 0.15) is 5.82 Å². The number of hydrogen-bond donors (Lipinski definition) is 2. The third-order valence-corrected chi connectivity index (χ3v) is 3.17. The van der Waals surface area contributed by atoms with Crippen LogP contribution in [0.4, 0.5) is 10.1 Å². The van der Waals surface area contributed by atoms with Crippen molar-refractivity contribution in [3.63, 3.8) is 0 Å². The summed E-state index contributed by atoms with van der Waals surface area (Å²) >= 11 is 0. The second-order valence-corrected chi connectivity index (χ2v) is 5.21. The Bertz CT molecular complexity index is 623. The van der Waals surface area contributed by atoms with Gasteiger partial charge in [-0.25, -0.2) is 4.39 Å². The Kier molecular flexibility index (Phi) is 5.86. The van der Waals surface area contributed by atoms with Gasteiger partial charge < -0.3 is 10.2 Å². The second kappa shape index (κ2) is 8.10. The van der Waals surface area contributed by atoms with Crippen LogP contribution in [-0.4, -0.2) is 26.0 Å². The van der Waals surface area contributed by atoms with E-state index >= 15 is 0 Å². The fourth-order valence-electron chi connectivity index (χ4n) is 2.05. The van der Waals surface area contributed by atoms with Crippen LogP contribution in [-0.2, 0) is 4.79 Å². The van der Waals surface area contributed by atoms with E-state index in [-0.39, 0.29) is 11.7 Å². The van der Waals surface area contributed by atoms with Gasteiger partial charge in [0.2, 0.25) is 0 Å². The average molecular weight is 299 g/mol. The van der Waals surface area contributed by atoms with Crippen molar-refractivity contribution in [2.24, 2.45) is 0 Å². The molecule has 0 fully saturated rings. The van der Waals surface area contributed by atoms with Gasteiger partial charge >= 0.3 is 0 Å². The van der Waals surface area contributed by atoms with Gasteiger partial charge in [-0.15, -0.1) is 0 Å². The first-order valence-electron chi connectivity index (χ1n) is 7.22. The highest BCUT2D eigenvalue weighted by atomic mass is 19.1. The van der Waals surface area contributed by atoms with Crippen LogP contribution in [0, 0.1) is 5.82 Å². The number of nitrogens with one attached hydrogen (secondary N) is 2. The van der Waals surface area contributed by atoms with Crippen molar-refractivity contribution in [3.05, 3.63) is 72.1 Å². The Balaban J connectivity index is 1.76. The van der Waals surface area contributed by atoms with Crippen molar-refractivity contribution in [1.82, 2.24) is 0 Å². The monoisotopic (exact) mass is 299 g/mol. The molecule has 2 aromatic rings. The Labute approximate surface area is 130 Å². The maximum Gasteiger partial charge on any atom is 0.279 e. The first-order chi connectivity index (χ1) is 10.6. The van der Waals surface area contributed by atoms with E-state index in [1.54, 1.807) is 12.1 Å². The molecule has 0 aliphatic carbocycles. The van der Waals surface area contributed by atoms with Crippen LogP contribution in [0.1, 0.15) is 5.56 Å². The van der Waals surface area contributed by atoms with Crippen molar-refractivity contribution < 1.29 is 14.1 Å². The summed E-state index contributed by atoms with van der Waals surface area (Å²) in [7, 11) is 1.96. The molecule has 3 nitrogen and oxygen atoms in total. The van der Waals surface area contributed by atoms with Gasteiger partial charge in [-0.1, -0.05) is 36.4 Å². The predicted molar refractivity (Wildman–Crippen MR) is 87.1 cm³/mol. The van der Waals surface area contributed by atoms with Crippen LogP contribution in [0.15, 0.2) is 60.7 Å². The van der Waals surface area contributed by atoms with Crippen molar-refractivity contribution >= 4 is 17.7 Å². The number of amides is 1. The minimum atomic E-state index is -0.313. The predicted octanol–water partition coefficient (Wildman–Crippen LogP) is 1.99. The van der Waals surface area contributed by atoms with E-state index in [0.29, 0.717) is 12.2 Å². The Morgan fingerprint density at radius 2 is 1.82 bits per heavy atom. The molecule has 2 rings (SSSR count). The molecular formula is C18H20FN2O+. The van der Waals surface area contributed by atoms with Crippen LogP contribution < -0.4 is 10.2 Å². The summed E-state index contributed by atoms with van der Waals surface area (Å²) in [4.78, 5) is 13.0. The molecule has 1 amide bonds.